The molecule has 3 unspecified atom stereocenters. The molecule has 2 rings (SSSR count). The van der Waals surface area contributed by atoms with E-state index in [0.717, 1.165) is 31.0 Å². The standard InChI is InChI=1S/C13H23NO2/c1-9-3-4-12(5-10(9)2)14-7-11(8-14)6-13(15)16/h9-12H,3-8H2,1-2H3,(H,15,16). The summed E-state index contributed by atoms with van der Waals surface area (Å²) in [5.41, 5.74) is 0. The summed E-state index contributed by atoms with van der Waals surface area (Å²) in [5, 5.41) is 8.70. The number of hydrogen-bond donors (Lipinski definition) is 1. The fraction of sp³-hybridized carbons (Fsp3) is 0.923. The normalized spacial score (nSPS) is 37.0. The van der Waals surface area contributed by atoms with Gasteiger partial charge in [-0.15, -0.1) is 0 Å². The van der Waals surface area contributed by atoms with Gasteiger partial charge in [0, 0.05) is 19.1 Å². The second-order valence-corrected chi connectivity index (χ2v) is 5.84. The lowest BCUT2D eigenvalue weighted by Crippen LogP contribution is -2.54. The third kappa shape index (κ3) is 2.57. The van der Waals surface area contributed by atoms with Crippen LogP contribution in [0, 0.1) is 17.8 Å². The molecule has 3 atom stereocenters. The third-order valence-corrected chi connectivity index (χ3v) is 4.54. The first kappa shape index (κ1) is 11.9. The van der Waals surface area contributed by atoms with Crippen LogP contribution < -0.4 is 0 Å². The molecule has 0 amide bonds. The number of likely N-dealkylation sites (tertiary alicyclic amines) is 1. The van der Waals surface area contributed by atoms with Gasteiger partial charge in [0.15, 0.2) is 0 Å². The van der Waals surface area contributed by atoms with Gasteiger partial charge in [-0.05, 0) is 37.0 Å². The van der Waals surface area contributed by atoms with E-state index in [-0.39, 0.29) is 0 Å². The molecule has 0 aromatic rings. The molecular formula is C13H23NO2. The average Bonchev–Trinajstić information content (AvgIpc) is 2.15. The first-order valence-electron chi connectivity index (χ1n) is 6.52. The van der Waals surface area contributed by atoms with Crippen LogP contribution in [0.5, 0.6) is 0 Å². The molecule has 0 aromatic heterocycles. The van der Waals surface area contributed by atoms with Crippen molar-refractivity contribution in [2.75, 3.05) is 13.1 Å². The van der Waals surface area contributed by atoms with Crippen LogP contribution in [0.3, 0.4) is 0 Å². The highest BCUT2D eigenvalue weighted by atomic mass is 16.4. The number of carbonyl (C=O) groups is 1. The molecule has 2 fully saturated rings. The molecule has 1 N–H and O–H groups in total. The van der Waals surface area contributed by atoms with Gasteiger partial charge in [-0.25, -0.2) is 0 Å². The van der Waals surface area contributed by atoms with Gasteiger partial charge in [0.2, 0.25) is 0 Å². The van der Waals surface area contributed by atoms with Gasteiger partial charge >= 0.3 is 5.97 Å². The Hall–Kier alpha value is -0.570. The zero-order valence-corrected chi connectivity index (χ0v) is 10.4. The van der Waals surface area contributed by atoms with Crippen LogP contribution >= 0.6 is 0 Å². The van der Waals surface area contributed by atoms with Crippen molar-refractivity contribution in [2.24, 2.45) is 17.8 Å². The van der Waals surface area contributed by atoms with Gasteiger partial charge in [0.25, 0.3) is 0 Å². The number of nitrogens with zero attached hydrogens (tertiary/aromatic N) is 1. The van der Waals surface area contributed by atoms with Crippen molar-refractivity contribution >= 4 is 5.97 Å². The average molecular weight is 225 g/mol. The first-order valence-corrected chi connectivity index (χ1v) is 6.52. The van der Waals surface area contributed by atoms with Crippen LogP contribution in [0.15, 0.2) is 0 Å². The summed E-state index contributed by atoms with van der Waals surface area (Å²) in [6, 6.07) is 0.733. The molecule has 92 valence electrons. The summed E-state index contributed by atoms with van der Waals surface area (Å²) in [6.07, 6.45) is 4.31. The Morgan fingerprint density at radius 1 is 1.25 bits per heavy atom. The topological polar surface area (TPSA) is 40.5 Å². The molecule has 1 aliphatic heterocycles. The van der Waals surface area contributed by atoms with Crippen LogP contribution in [0.4, 0.5) is 0 Å². The van der Waals surface area contributed by atoms with Crippen molar-refractivity contribution < 1.29 is 9.90 Å². The zero-order chi connectivity index (χ0) is 11.7. The van der Waals surface area contributed by atoms with Crippen molar-refractivity contribution in [3.63, 3.8) is 0 Å². The largest absolute Gasteiger partial charge is 0.481 e. The Morgan fingerprint density at radius 3 is 2.50 bits per heavy atom. The molecule has 3 heteroatoms. The molecule has 1 aliphatic carbocycles. The van der Waals surface area contributed by atoms with Crippen molar-refractivity contribution in [1.82, 2.24) is 4.90 Å². The quantitative estimate of drug-likeness (QED) is 0.800. The highest BCUT2D eigenvalue weighted by Crippen LogP contribution is 2.35. The summed E-state index contributed by atoms with van der Waals surface area (Å²) >= 11 is 0. The smallest absolute Gasteiger partial charge is 0.303 e. The molecule has 3 nitrogen and oxygen atoms in total. The first-order chi connectivity index (χ1) is 7.56. The summed E-state index contributed by atoms with van der Waals surface area (Å²) in [7, 11) is 0. The number of hydrogen-bond acceptors (Lipinski definition) is 2. The Morgan fingerprint density at radius 2 is 1.94 bits per heavy atom. The Balaban J connectivity index is 1.73. The minimum absolute atomic E-state index is 0.356. The predicted octanol–water partition coefficient (Wildman–Crippen LogP) is 2.22. The Bertz CT molecular complexity index is 261. The molecule has 0 bridgehead atoms. The van der Waals surface area contributed by atoms with Crippen LogP contribution in [0.2, 0.25) is 0 Å². The fourth-order valence-corrected chi connectivity index (χ4v) is 3.13. The Labute approximate surface area is 97.8 Å². The molecule has 2 aliphatic rings. The van der Waals surface area contributed by atoms with Gasteiger partial charge in [0.1, 0.15) is 0 Å². The van der Waals surface area contributed by atoms with E-state index < -0.39 is 5.97 Å². The molecule has 16 heavy (non-hydrogen) atoms. The zero-order valence-electron chi connectivity index (χ0n) is 10.4. The molecular weight excluding hydrogens is 202 g/mol. The van der Waals surface area contributed by atoms with Gasteiger partial charge in [-0.1, -0.05) is 13.8 Å². The van der Waals surface area contributed by atoms with Gasteiger partial charge in [-0.3, -0.25) is 9.69 Å². The minimum Gasteiger partial charge on any atom is -0.481 e. The van der Waals surface area contributed by atoms with E-state index in [0.29, 0.717) is 12.3 Å². The minimum atomic E-state index is -0.643. The molecule has 1 heterocycles. The lowest BCUT2D eigenvalue weighted by atomic mass is 9.77. The summed E-state index contributed by atoms with van der Waals surface area (Å²) < 4.78 is 0. The molecule has 0 aromatic carbocycles. The molecule has 0 radical (unpaired) electrons. The third-order valence-electron chi connectivity index (χ3n) is 4.54. The molecule has 1 saturated heterocycles. The number of carboxylic acids is 1. The molecule has 0 spiro atoms. The summed E-state index contributed by atoms with van der Waals surface area (Å²) in [5.74, 6) is 1.46. The number of aliphatic carboxylic acids is 1. The van der Waals surface area contributed by atoms with E-state index in [1.165, 1.54) is 19.3 Å². The second-order valence-electron chi connectivity index (χ2n) is 5.84. The van der Waals surface area contributed by atoms with E-state index in [4.69, 9.17) is 5.11 Å². The van der Waals surface area contributed by atoms with Gasteiger partial charge in [0.05, 0.1) is 6.42 Å². The van der Waals surface area contributed by atoms with Crippen LogP contribution in [-0.4, -0.2) is 35.1 Å². The number of rotatable bonds is 3. The van der Waals surface area contributed by atoms with Crippen molar-refractivity contribution in [3.8, 4) is 0 Å². The van der Waals surface area contributed by atoms with E-state index in [2.05, 4.69) is 18.7 Å². The maximum atomic E-state index is 10.6. The van der Waals surface area contributed by atoms with Crippen molar-refractivity contribution in [1.29, 1.82) is 0 Å². The van der Waals surface area contributed by atoms with Crippen LogP contribution in [0.25, 0.3) is 0 Å². The Kier molecular flexibility index (Phi) is 3.53. The van der Waals surface area contributed by atoms with Gasteiger partial charge < -0.3 is 5.11 Å². The fourth-order valence-electron chi connectivity index (χ4n) is 3.13. The van der Waals surface area contributed by atoms with Crippen LogP contribution in [0.1, 0.15) is 39.5 Å². The second kappa shape index (κ2) is 4.74. The lowest BCUT2D eigenvalue weighted by Gasteiger charge is -2.47. The summed E-state index contributed by atoms with van der Waals surface area (Å²) in [4.78, 5) is 13.1. The van der Waals surface area contributed by atoms with Gasteiger partial charge in [-0.2, -0.15) is 0 Å². The van der Waals surface area contributed by atoms with E-state index in [9.17, 15) is 4.79 Å². The lowest BCUT2D eigenvalue weighted by molar-refractivity contribution is -0.140. The molecule has 1 saturated carbocycles. The van der Waals surface area contributed by atoms with Crippen molar-refractivity contribution in [3.05, 3.63) is 0 Å². The summed E-state index contributed by atoms with van der Waals surface area (Å²) in [6.45, 7) is 6.73. The van der Waals surface area contributed by atoms with E-state index >= 15 is 0 Å². The van der Waals surface area contributed by atoms with Crippen molar-refractivity contribution in [2.45, 2.75) is 45.6 Å². The predicted molar refractivity (Wildman–Crippen MR) is 63.3 cm³/mol. The highest BCUT2D eigenvalue weighted by Gasteiger charge is 2.36. The number of carboxylic acid groups (broad SMARTS) is 1. The SMILES string of the molecule is CC1CCC(N2CC(CC(=O)O)C2)CC1C. The highest BCUT2D eigenvalue weighted by molar-refractivity contribution is 5.67. The van der Waals surface area contributed by atoms with E-state index in [1.54, 1.807) is 0 Å². The monoisotopic (exact) mass is 225 g/mol. The maximum Gasteiger partial charge on any atom is 0.303 e. The maximum absolute atomic E-state index is 10.6. The van der Waals surface area contributed by atoms with Crippen LogP contribution in [-0.2, 0) is 4.79 Å². The van der Waals surface area contributed by atoms with E-state index in [1.807, 2.05) is 0 Å².